The van der Waals surface area contributed by atoms with E-state index in [9.17, 15) is 9.59 Å². The maximum Gasteiger partial charge on any atom is 0.269 e. The molecule has 0 radical (unpaired) electrons. The third-order valence-electron chi connectivity index (χ3n) is 5.10. The number of aromatic nitrogens is 2. The van der Waals surface area contributed by atoms with Gasteiger partial charge in [-0.1, -0.05) is 0 Å². The minimum atomic E-state index is -0.0590. The largest absolute Gasteiger partial charge is 0.348 e. The molecule has 132 valence electrons. The number of likely N-dealkylation sites (N-methyl/N-ethyl adjacent to an activating group) is 1. The number of nitrogens with zero attached hydrogens (tertiary/aromatic N) is 4. The first-order chi connectivity index (χ1) is 11.5. The van der Waals surface area contributed by atoms with Gasteiger partial charge in [0.1, 0.15) is 5.69 Å². The summed E-state index contributed by atoms with van der Waals surface area (Å²) in [4.78, 5) is 28.7. The van der Waals surface area contributed by atoms with E-state index in [4.69, 9.17) is 0 Å². The highest BCUT2D eigenvalue weighted by Crippen LogP contribution is 2.21. The van der Waals surface area contributed by atoms with Gasteiger partial charge in [-0.15, -0.1) is 0 Å². The highest BCUT2D eigenvalue weighted by molar-refractivity contribution is 5.92. The van der Waals surface area contributed by atoms with Gasteiger partial charge in [-0.3, -0.25) is 19.2 Å². The van der Waals surface area contributed by atoms with Gasteiger partial charge < -0.3 is 10.2 Å². The van der Waals surface area contributed by atoms with Gasteiger partial charge in [0.15, 0.2) is 0 Å². The van der Waals surface area contributed by atoms with Crippen LogP contribution in [-0.4, -0.2) is 70.2 Å². The molecule has 3 rings (SSSR count). The van der Waals surface area contributed by atoms with Gasteiger partial charge in [-0.05, 0) is 39.2 Å². The van der Waals surface area contributed by atoms with Crippen LogP contribution in [0.5, 0.6) is 0 Å². The summed E-state index contributed by atoms with van der Waals surface area (Å²) in [6, 6.07) is 2.12. The lowest BCUT2D eigenvalue weighted by molar-refractivity contribution is -0.131. The van der Waals surface area contributed by atoms with Crippen LogP contribution in [0.4, 0.5) is 0 Å². The van der Waals surface area contributed by atoms with E-state index in [1.807, 2.05) is 25.8 Å². The molecule has 24 heavy (non-hydrogen) atoms. The van der Waals surface area contributed by atoms with E-state index in [0.29, 0.717) is 5.69 Å². The molecule has 1 aromatic heterocycles. The number of nitrogens with one attached hydrogen (secondary N) is 1. The molecule has 1 atom stereocenters. The summed E-state index contributed by atoms with van der Waals surface area (Å²) in [7, 11) is 1.87. The Hall–Kier alpha value is -1.89. The number of rotatable bonds is 4. The Morgan fingerprint density at radius 3 is 2.54 bits per heavy atom. The molecule has 1 aromatic rings. The van der Waals surface area contributed by atoms with Gasteiger partial charge in [0.2, 0.25) is 5.91 Å². The third kappa shape index (κ3) is 3.31. The first kappa shape index (κ1) is 17.0. The summed E-state index contributed by atoms with van der Waals surface area (Å²) in [6.45, 7) is 6.59. The van der Waals surface area contributed by atoms with Crippen molar-refractivity contribution >= 4 is 11.8 Å². The summed E-state index contributed by atoms with van der Waals surface area (Å²) in [5, 5.41) is 7.34. The number of likely N-dealkylation sites (tertiary alicyclic amines) is 2. The van der Waals surface area contributed by atoms with E-state index in [1.54, 1.807) is 16.9 Å². The predicted octanol–water partition coefficient (Wildman–Crippen LogP) is 0.889. The molecule has 0 bridgehead atoms. The molecule has 2 aliphatic heterocycles. The molecule has 7 nitrogen and oxygen atoms in total. The van der Waals surface area contributed by atoms with Gasteiger partial charge in [-0.25, -0.2) is 0 Å². The molecule has 0 spiro atoms. The molecule has 0 aromatic carbocycles. The molecule has 0 unspecified atom stereocenters. The van der Waals surface area contributed by atoms with Crippen molar-refractivity contribution in [2.75, 3.05) is 26.7 Å². The fourth-order valence-electron chi connectivity index (χ4n) is 3.66. The van der Waals surface area contributed by atoms with Crippen molar-refractivity contribution in [3.05, 3.63) is 18.0 Å². The SMILES string of the molecule is CC(C)n1nccc1C(=O)NC1CCN([C@@H]2CCN(C)C2=O)CC1. The van der Waals surface area contributed by atoms with Gasteiger partial charge in [0.25, 0.3) is 5.91 Å². The lowest BCUT2D eigenvalue weighted by Crippen LogP contribution is -2.50. The zero-order chi connectivity index (χ0) is 17.3. The van der Waals surface area contributed by atoms with Crippen LogP contribution >= 0.6 is 0 Å². The van der Waals surface area contributed by atoms with Crippen LogP contribution in [0.25, 0.3) is 0 Å². The molecule has 3 heterocycles. The van der Waals surface area contributed by atoms with Crippen molar-refractivity contribution in [2.45, 2.75) is 51.2 Å². The highest BCUT2D eigenvalue weighted by atomic mass is 16.2. The Kier molecular flexibility index (Phi) is 4.89. The Bertz CT molecular complexity index is 604. The number of amides is 2. The van der Waals surface area contributed by atoms with Crippen LogP contribution < -0.4 is 5.32 Å². The van der Waals surface area contributed by atoms with Crippen molar-refractivity contribution in [3.63, 3.8) is 0 Å². The second-order valence-corrected chi connectivity index (χ2v) is 7.10. The molecule has 0 aliphatic carbocycles. The zero-order valence-corrected chi connectivity index (χ0v) is 14.7. The molecule has 0 saturated carbocycles. The maximum atomic E-state index is 12.5. The summed E-state index contributed by atoms with van der Waals surface area (Å²) < 4.78 is 1.75. The molecular formula is C17H27N5O2. The van der Waals surface area contributed by atoms with E-state index in [0.717, 1.165) is 38.9 Å². The van der Waals surface area contributed by atoms with E-state index < -0.39 is 0 Å². The van der Waals surface area contributed by atoms with Crippen LogP contribution in [-0.2, 0) is 4.79 Å². The predicted molar refractivity (Wildman–Crippen MR) is 90.7 cm³/mol. The number of hydrogen-bond donors (Lipinski definition) is 1. The number of piperidine rings is 1. The molecule has 2 fully saturated rings. The fraction of sp³-hybridized carbons (Fsp3) is 0.706. The molecular weight excluding hydrogens is 306 g/mol. The van der Waals surface area contributed by atoms with Crippen molar-refractivity contribution in [1.29, 1.82) is 0 Å². The van der Waals surface area contributed by atoms with E-state index in [-0.39, 0.29) is 29.9 Å². The number of hydrogen-bond acceptors (Lipinski definition) is 4. The number of carbonyl (C=O) groups excluding carboxylic acids is 2. The minimum absolute atomic E-state index is 0.0361. The Balaban J connectivity index is 1.53. The van der Waals surface area contributed by atoms with Crippen molar-refractivity contribution in [2.24, 2.45) is 0 Å². The van der Waals surface area contributed by atoms with Crippen LogP contribution in [0.2, 0.25) is 0 Å². The average Bonchev–Trinajstić information content (AvgIpc) is 3.17. The normalized spacial score (nSPS) is 23.2. The molecule has 2 aliphatic rings. The fourth-order valence-corrected chi connectivity index (χ4v) is 3.66. The van der Waals surface area contributed by atoms with Crippen molar-refractivity contribution < 1.29 is 9.59 Å². The zero-order valence-electron chi connectivity index (χ0n) is 14.7. The van der Waals surface area contributed by atoms with Gasteiger partial charge in [0.05, 0.1) is 6.04 Å². The molecule has 2 amide bonds. The van der Waals surface area contributed by atoms with Crippen molar-refractivity contribution in [1.82, 2.24) is 24.9 Å². The maximum absolute atomic E-state index is 12.5. The van der Waals surface area contributed by atoms with Crippen LogP contribution in [0.1, 0.15) is 49.6 Å². The highest BCUT2D eigenvalue weighted by Gasteiger charge is 2.36. The first-order valence-electron chi connectivity index (χ1n) is 8.80. The summed E-state index contributed by atoms with van der Waals surface area (Å²) in [6.07, 6.45) is 4.35. The van der Waals surface area contributed by atoms with E-state index >= 15 is 0 Å². The smallest absolute Gasteiger partial charge is 0.269 e. The van der Waals surface area contributed by atoms with Crippen LogP contribution in [0.15, 0.2) is 12.3 Å². The second kappa shape index (κ2) is 6.93. The monoisotopic (exact) mass is 333 g/mol. The van der Waals surface area contributed by atoms with Crippen LogP contribution in [0, 0.1) is 0 Å². The lowest BCUT2D eigenvalue weighted by atomic mass is 10.0. The second-order valence-electron chi connectivity index (χ2n) is 7.10. The van der Waals surface area contributed by atoms with Gasteiger partial charge in [-0.2, -0.15) is 5.10 Å². The van der Waals surface area contributed by atoms with Crippen molar-refractivity contribution in [3.8, 4) is 0 Å². The van der Waals surface area contributed by atoms with Gasteiger partial charge >= 0.3 is 0 Å². The quantitative estimate of drug-likeness (QED) is 0.888. The summed E-state index contributed by atoms with van der Waals surface area (Å²) in [5.74, 6) is 0.176. The number of carbonyl (C=O) groups is 2. The summed E-state index contributed by atoms with van der Waals surface area (Å²) >= 11 is 0. The van der Waals surface area contributed by atoms with Crippen LogP contribution in [0.3, 0.4) is 0 Å². The minimum Gasteiger partial charge on any atom is -0.348 e. The standard InChI is InChI=1S/C17H27N5O2/c1-12(2)22-14(4-8-18-22)16(23)19-13-5-10-21(11-6-13)15-7-9-20(3)17(15)24/h4,8,12-13,15H,5-7,9-11H2,1-3H3,(H,19,23)/t15-/m1/s1. The average molecular weight is 333 g/mol. The molecule has 7 heteroatoms. The molecule has 2 saturated heterocycles. The third-order valence-corrected chi connectivity index (χ3v) is 5.10. The van der Waals surface area contributed by atoms with E-state index in [2.05, 4.69) is 15.3 Å². The topological polar surface area (TPSA) is 70.5 Å². The van der Waals surface area contributed by atoms with Gasteiger partial charge in [0, 0.05) is 45.0 Å². The Morgan fingerprint density at radius 1 is 1.25 bits per heavy atom. The van der Waals surface area contributed by atoms with E-state index in [1.165, 1.54) is 0 Å². The Morgan fingerprint density at radius 2 is 1.96 bits per heavy atom. The summed E-state index contributed by atoms with van der Waals surface area (Å²) in [5.41, 5.74) is 0.611. The first-order valence-corrected chi connectivity index (χ1v) is 8.80. The molecule has 1 N–H and O–H groups in total. The Labute approximate surface area is 143 Å². The lowest BCUT2D eigenvalue weighted by Gasteiger charge is -2.35.